The van der Waals surface area contributed by atoms with Crippen molar-refractivity contribution in [2.24, 2.45) is 0 Å². The van der Waals surface area contributed by atoms with E-state index in [-0.39, 0.29) is 16.3 Å². The summed E-state index contributed by atoms with van der Waals surface area (Å²) in [6.07, 6.45) is 0. The van der Waals surface area contributed by atoms with E-state index in [0.29, 0.717) is 16.7 Å². The Labute approximate surface area is 86.9 Å². The average molecular weight is 215 g/mol. The molecule has 76 valence electrons. The Morgan fingerprint density at radius 2 is 1.64 bits per heavy atom. The summed E-state index contributed by atoms with van der Waals surface area (Å²) >= 11 is 5.83. The number of rotatable bonds is 1. The molecule has 1 aromatic rings. The van der Waals surface area contributed by atoms with Gasteiger partial charge in [-0.3, -0.25) is 0 Å². The van der Waals surface area contributed by atoms with Gasteiger partial charge in [0.15, 0.2) is 0 Å². The van der Waals surface area contributed by atoms with E-state index >= 15 is 0 Å². The van der Waals surface area contributed by atoms with Gasteiger partial charge in [-0.05, 0) is 31.9 Å². The maximum absolute atomic E-state index is 10.9. The molecule has 4 heteroatoms. The molecule has 0 heterocycles. The zero-order chi connectivity index (χ0) is 11.0. The van der Waals surface area contributed by atoms with Crippen LogP contribution in [-0.4, -0.2) is 16.2 Å². The summed E-state index contributed by atoms with van der Waals surface area (Å²) in [5, 5.41) is 18.6. The van der Waals surface area contributed by atoms with E-state index in [1.807, 2.05) is 0 Å². The largest absolute Gasteiger partial charge is 0.507 e. The molecule has 0 saturated heterocycles. The molecular formula is C10H11ClO3. The Kier molecular flexibility index (Phi) is 2.71. The van der Waals surface area contributed by atoms with Gasteiger partial charge in [-0.25, -0.2) is 4.79 Å². The second kappa shape index (κ2) is 3.50. The number of aromatic hydroxyl groups is 1. The molecule has 0 aromatic heterocycles. The highest BCUT2D eigenvalue weighted by Crippen LogP contribution is 2.34. The summed E-state index contributed by atoms with van der Waals surface area (Å²) in [6.45, 7) is 4.89. The van der Waals surface area contributed by atoms with E-state index in [4.69, 9.17) is 16.7 Å². The molecule has 0 bridgehead atoms. The minimum Gasteiger partial charge on any atom is -0.507 e. The second-order valence-corrected chi connectivity index (χ2v) is 3.60. The first-order valence-corrected chi connectivity index (χ1v) is 4.47. The molecule has 2 N–H and O–H groups in total. The van der Waals surface area contributed by atoms with E-state index in [1.54, 1.807) is 20.8 Å². The smallest absolute Gasteiger partial charge is 0.337 e. The quantitative estimate of drug-likeness (QED) is 0.756. The van der Waals surface area contributed by atoms with E-state index in [1.165, 1.54) is 0 Å². The lowest BCUT2D eigenvalue weighted by Gasteiger charge is -2.12. The van der Waals surface area contributed by atoms with Crippen LogP contribution in [0.5, 0.6) is 5.75 Å². The number of phenols is 1. The highest BCUT2D eigenvalue weighted by atomic mass is 35.5. The van der Waals surface area contributed by atoms with Crippen LogP contribution in [0.15, 0.2) is 0 Å². The number of phenolic OH excluding ortho intramolecular Hbond substituents is 1. The summed E-state index contributed by atoms with van der Waals surface area (Å²) < 4.78 is 0. The van der Waals surface area contributed by atoms with Crippen molar-refractivity contribution in [3.05, 3.63) is 27.3 Å². The summed E-state index contributed by atoms with van der Waals surface area (Å²) in [7, 11) is 0. The fourth-order valence-corrected chi connectivity index (χ4v) is 1.67. The molecule has 0 fully saturated rings. The zero-order valence-corrected chi connectivity index (χ0v) is 8.94. The number of carboxylic acids is 1. The molecule has 0 aliphatic carbocycles. The summed E-state index contributed by atoms with van der Waals surface area (Å²) in [4.78, 5) is 10.9. The first-order valence-electron chi connectivity index (χ1n) is 4.09. The topological polar surface area (TPSA) is 57.5 Å². The number of aromatic carboxylic acids is 1. The van der Waals surface area contributed by atoms with Gasteiger partial charge in [0.2, 0.25) is 0 Å². The van der Waals surface area contributed by atoms with Crippen LogP contribution in [0.1, 0.15) is 27.0 Å². The maximum atomic E-state index is 10.9. The number of halogens is 1. The van der Waals surface area contributed by atoms with Crippen LogP contribution in [-0.2, 0) is 0 Å². The number of benzene rings is 1. The standard InChI is InChI=1S/C10H11ClO3/c1-4-5(2)9(12)6(3)8(11)7(4)10(13)14/h12H,1-3H3,(H,13,14). The zero-order valence-electron chi connectivity index (χ0n) is 8.18. The number of hydrogen-bond acceptors (Lipinski definition) is 2. The Morgan fingerprint density at radius 3 is 2.07 bits per heavy atom. The van der Waals surface area contributed by atoms with Gasteiger partial charge >= 0.3 is 5.97 Å². The number of carboxylic acid groups (broad SMARTS) is 1. The average Bonchev–Trinajstić information content (AvgIpc) is 2.11. The van der Waals surface area contributed by atoms with Crippen molar-refractivity contribution in [3.63, 3.8) is 0 Å². The molecule has 0 saturated carbocycles. The SMILES string of the molecule is Cc1c(C)c(C(=O)O)c(Cl)c(C)c1O. The Balaban J connectivity index is 3.68. The van der Waals surface area contributed by atoms with Gasteiger partial charge in [-0.1, -0.05) is 11.6 Å². The monoisotopic (exact) mass is 214 g/mol. The van der Waals surface area contributed by atoms with E-state index in [0.717, 1.165) is 0 Å². The molecule has 1 aromatic carbocycles. The highest BCUT2D eigenvalue weighted by molar-refractivity contribution is 6.34. The molecule has 0 aliphatic rings. The van der Waals surface area contributed by atoms with Crippen molar-refractivity contribution in [2.75, 3.05) is 0 Å². The van der Waals surface area contributed by atoms with E-state index in [9.17, 15) is 9.90 Å². The molecule has 0 spiro atoms. The van der Waals surface area contributed by atoms with Crippen LogP contribution in [0.2, 0.25) is 5.02 Å². The van der Waals surface area contributed by atoms with Gasteiger partial charge in [0.25, 0.3) is 0 Å². The molecule has 1 rings (SSSR count). The van der Waals surface area contributed by atoms with Gasteiger partial charge in [0, 0.05) is 5.56 Å². The van der Waals surface area contributed by atoms with Crippen LogP contribution in [0.3, 0.4) is 0 Å². The third kappa shape index (κ3) is 1.44. The first kappa shape index (κ1) is 10.9. The predicted octanol–water partition coefficient (Wildman–Crippen LogP) is 2.67. The fourth-order valence-electron chi connectivity index (χ4n) is 1.36. The van der Waals surface area contributed by atoms with Crippen molar-refractivity contribution in [2.45, 2.75) is 20.8 Å². The highest BCUT2D eigenvalue weighted by Gasteiger charge is 2.19. The third-order valence-corrected chi connectivity index (χ3v) is 2.88. The van der Waals surface area contributed by atoms with Crippen molar-refractivity contribution in [1.82, 2.24) is 0 Å². The molecule has 14 heavy (non-hydrogen) atoms. The Bertz CT molecular complexity index is 381. The van der Waals surface area contributed by atoms with Gasteiger partial charge < -0.3 is 10.2 Å². The lowest BCUT2D eigenvalue weighted by molar-refractivity contribution is 0.0696. The van der Waals surface area contributed by atoms with Crippen molar-refractivity contribution < 1.29 is 15.0 Å². The minimum absolute atomic E-state index is 0.0671. The molecule has 0 amide bonds. The summed E-state index contributed by atoms with van der Waals surface area (Å²) in [5.74, 6) is -1.00. The van der Waals surface area contributed by atoms with Gasteiger partial charge in [-0.2, -0.15) is 0 Å². The summed E-state index contributed by atoms with van der Waals surface area (Å²) in [5.41, 5.74) is 1.54. The van der Waals surface area contributed by atoms with Gasteiger partial charge in [-0.15, -0.1) is 0 Å². The summed E-state index contributed by atoms with van der Waals surface area (Å²) in [6, 6.07) is 0. The van der Waals surface area contributed by atoms with Gasteiger partial charge in [0.05, 0.1) is 10.6 Å². The molecule has 0 unspecified atom stereocenters. The normalized spacial score (nSPS) is 10.3. The number of carbonyl (C=O) groups is 1. The van der Waals surface area contributed by atoms with Crippen LogP contribution in [0.25, 0.3) is 0 Å². The molecular weight excluding hydrogens is 204 g/mol. The van der Waals surface area contributed by atoms with Crippen molar-refractivity contribution in [1.29, 1.82) is 0 Å². The number of hydrogen-bond donors (Lipinski definition) is 2. The van der Waals surface area contributed by atoms with E-state index in [2.05, 4.69) is 0 Å². The Morgan fingerprint density at radius 1 is 1.14 bits per heavy atom. The van der Waals surface area contributed by atoms with Crippen LogP contribution < -0.4 is 0 Å². The Hall–Kier alpha value is -1.22. The van der Waals surface area contributed by atoms with Crippen LogP contribution in [0, 0.1) is 20.8 Å². The van der Waals surface area contributed by atoms with Gasteiger partial charge in [0.1, 0.15) is 5.75 Å². The van der Waals surface area contributed by atoms with E-state index < -0.39 is 5.97 Å². The predicted molar refractivity (Wildman–Crippen MR) is 54.3 cm³/mol. The minimum atomic E-state index is -1.07. The van der Waals surface area contributed by atoms with Crippen molar-refractivity contribution in [3.8, 4) is 5.75 Å². The second-order valence-electron chi connectivity index (χ2n) is 3.22. The third-order valence-electron chi connectivity index (χ3n) is 2.41. The molecule has 0 atom stereocenters. The van der Waals surface area contributed by atoms with Crippen LogP contribution in [0.4, 0.5) is 0 Å². The lowest BCUT2D eigenvalue weighted by Crippen LogP contribution is -2.04. The lowest BCUT2D eigenvalue weighted by atomic mass is 9.98. The molecule has 0 aliphatic heterocycles. The maximum Gasteiger partial charge on any atom is 0.337 e. The first-order chi connectivity index (χ1) is 6.37. The molecule has 3 nitrogen and oxygen atoms in total. The fraction of sp³-hybridized carbons (Fsp3) is 0.300. The van der Waals surface area contributed by atoms with Crippen LogP contribution >= 0.6 is 11.6 Å². The van der Waals surface area contributed by atoms with Crippen molar-refractivity contribution >= 4 is 17.6 Å². The molecule has 0 radical (unpaired) electrons.